The topological polar surface area (TPSA) is 49.8 Å². The van der Waals surface area contributed by atoms with Crippen LogP contribution in [0.5, 0.6) is 0 Å². The van der Waals surface area contributed by atoms with Crippen molar-refractivity contribution in [2.24, 2.45) is 0 Å². The molecule has 0 unspecified atom stereocenters. The highest BCUT2D eigenvalue weighted by Gasteiger charge is 2.11. The summed E-state index contributed by atoms with van der Waals surface area (Å²) in [5, 5.41) is 9.63. The molecule has 0 amide bonds. The number of carbonyl (C=O) groups is 1. The van der Waals surface area contributed by atoms with Crippen LogP contribution in [0.4, 0.5) is 0 Å². The molecule has 1 saturated heterocycles. The average molecular weight is 436 g/mol. The number of Topliss-reactive ketones (excluding diaryl/α,β-unsaturated/α-hetero) is 1. The van der Waals surface area contributed by atoms with Crippen LogP contribution in [0.2, 0.25) is 0 Å². The van der Waals surface area contributed by atoms with Crippen molar-refractivity contribution in [3.05, 3.63) is 71.5 Å². The van der Waals surface area contributed by atoms with Crippen LogP contribution in [0.25, 0.3) is 11.1 Å². The number of unbranched alkanes of at least 4 members (excludes halogenated alkanes) is 3. The second-order valence-corrected chi connectivity index (χ2v) is 8.60. The Bertz CT molecular complexity index is 849. The van der Waals surface area contributed by atoms with Crippen LogP contribution in [-0.4, -0.2) is 42.1 Å². The Labute approximate surface area is 192 Å². The number of allylic oxidation sites excluding steroid dienone is 2. The Morgan fingerprint density at radius 3 is 2.12 bits per heavy atom. The van der Waals surface area contributed by atoms with E-state index in [2.05, 4.69) is 29.2 Å². The third-order valence-electron chi connectivity index (χ3n) is 6.03. The first kappa shape index (κ1) is 24.2. The molecular weight excluding hydrogens is 398 g/mol. The lowest BCUT2D eigenvalue weighted by Crippen LogP contribution is -2.35. The second-order valence-electron chi connectivity index (χ2n) is 8.60. The fraction of sp³-hybridized carbons (Fsp3) is 0.464. The number of hydrogen-bond acceptors (Lipinski definition) is 4. The van der Waals surface area contributed by atoms with E-state index in [1.807, 2.05) is 37.3 Å². The van der Waals surface area contributed by atoms with Gasteiger partial charge in [-0.25, -0.2) is 0 Å². The molecule has 4 nitrogen and oxygen atoms in total. The molecule has 1 heterocycles. The van der Waals surface area contributed by atoms with Crippen LogP contribution in [0.1, 0.15) is 67.8 Å². The van der Waals surface area contributed by atoms with Gasteiger partial charge in [0, 0.05) is 38.0 Å². The van der Waals surface area contributed by atoms with Crippen LogP contribution in [0.15, 0.2) is 60.4 Å². The molecule has 0 aromatic heterocycles. The standard InChI is InChI=1S/C28H37NO3/c1-2-7-27(30)8-5-3-4-6-9-28(31)26-16-14-25(15-17-26)24-12-10-23(11-13-24)22-29-18-20-32-21-19-29/h7,10-17,30H,2-6,8-9,18-22H2,1H3/b27-7+. The molecule has 32 heavy (non-hydrogen) atoms. The highest BCUT2D eigenvalue weighted by atomic mass is 16.5. The molecule has 0 aliphatic carbocycles. The summed E-state index contributed by atoms with van der Waals surface area (Å²) in [5.74, 6) is 0.710. The van der Waals surface area contributed by atoms with Gasteiger partial charge in [0.1, 0.15) is 0 Å². The van der Waals surface area contributed by atoms with Gasteiger partial charge >= 0.3 is 0 Å². The second kappa shape index (κ2) is 13.2. The largest absolute Gasteiger partial charge is 0.513 e. The third-order valence-corrected chi connectivity index (χ3v) is 6.03. The molecule has 0 radical (unpaired) electrons. The van der Waals surface area contributed by atoms with Gasteiger partial charge in [-0.3, -0.25) is 9.69 Å². The summed E-state index contributed by atoms with van der Waals surface area (Å²) in [6, 6.07) is 16.7. The van der Waals surface area contributed by atoms with E-state index in [0.717, 1.165) is 82.5 Å². The van der Waals surface area contributed by atoms with Gasteiger partial charge in [0.2, 0.25) is 0 Å². The summed E-state index contributed by atoms with van der Waals surface area (Å²) in [7, 11) is 0. The summed E-state index contributed by atoms with van der Waals surface area (Å²) in [5.41, 5.74) is 4.43. The van der Waals surface area contributed by atoms with E-state index in [-0.39, 0.29) is 5.78 Å². The number of benzene rings is 2. The number of hydrogen-bond donors (Lipinski definition) is 1. The molecule has 1 aliphatic rings. The fourth-order valence-electron chi connectivity index (χ4n) is 4.10. The fourth-order valence-corrected chi connectivity index (χ4v) is 4.10. The summed E-state index contributed by atoms with van der Waals surface area (Å²) >= 11 is 0. The van der Waals surface area contributed by atoms with E-state index in [0.29, 0.717) is 12.2 Å². The van der Waals surface area contributed by atoms with Crippen molar-refractivity contribution in [1.82, 2.24) is 4.90 Å². The Balaban J connectivity index is 1.42. The number of nitrogens with zero attached hydrogens (tertiary/aromatic N) is 1. The third kappa shape index (κ3) is 7.92. The van der Waals surface area contributed by atoms with Crippen molar-refractivity contribution >= 4 is 5.78 Å². The summed E-state index contributed by atoms with van der Waals surface area (Å²) in [6.07, 6.45) is 8.05. The average Bonchev–Trinajstić information content (AvgIpc) is 2.82. The number of morpholine rings is 1. The normalized spacial score (nSPS) is 15.1. The summed E-state index contributed by atoms with van der Waals surface area (Å²) < 4.78 is 5.42. The monoisotopic (exact) mass is 435 g/mol. The van der Waals surface area contributed by atoms with E-state index in [9.17, 15) is 9.90 Å². The van der Waals surface area contributed by atoms with Crippen molar-refractivity contribution in [3.8, 4) is 11.1 Å². The lowest BCUT2D eigenvalue weighted by atomic mass is 9.99. The van der Waals surface area contributed by atoms with Gasteiger partial charge in [0.15, 0.2) is 5.78 Å². The van der Waals surface area contributed by atoms with E-state index in [4.69, 9.17) is 4.74 Å². The maximum Gasteiger partial charge on any atom is 0.162 e. The maximum absolute atomic E-state index is 12.5. The highest BCUT2D eigenvalue weighted by molar-refractivity contribution is 5.96. The molecule has 4 heteroatoms. The summed E-state index contributed by atoms with van der Waals surface area (Å²) in [6.45, 7) is 6.63. The van der Waals surface area contributed by atoms with Crippen molar-refractivity contribution in [3.63, 3.8) is 0 Å². The van der Waals surface area contributed by atoms with Crippen LogP contribution in [0, 0.1) is 0 Å². The number of aliphatic hydroxyl groups excluding tert-OH is 1. The zero-order chi connectivity index (χ0) is 22.6. The van der Waals surface area contributed by atoms with Gasteiger partial charge in [-0.1, -0.05) is 68.3 Å². The van der Waals surface area contributed by atoms with Crippen LogP contribution in [-0.2, 0) is 11.3 Å². The molecule has 1 fully saturated rings. The number of carbonyl (C=O) groups excluding carboxylic acids is 1. The van der Waals surface area contributed by atoms with E-state index >= 15 is 0 Å². The van der Waals surface area contributed by atoms with E-state index < -0.39 is 0 Å². The van der Waals surface area contributed by atoms with E-state index in [1.165, 1.54) is 11.1 Å². The molecule has 3 rings (SSSR count). The Morgan fingerprint density at radius 2 is 1.50 bits per heavy atom. The maximum atomic E-state index is 12.5. The molecule has 0 saturated carbocycles. The molecule has 1 N–H and O–H groups in total. The zero-order valence-electron chi connectivity index (χ0n) is 19.4. The summed E-state index contributed by atoms with van der Waals surface area (Å²) in [4.78, 5) is 14.9. The minimum Gasteiger partial charge on any atom is -0.513 e. The van der Waals surface area contributed by atoms with Gasteiger partial charge in [-0.05, 0) is 42.0 Å². The number of ether oxygens (including phenoxy) is 1. The molecule has 2 aromatic carbocycles. The first-order chi connectivity index (χ1) is 15.7. The minimum absolute atomic E-state index is 0.214. The van der Waals surface area contributed by atoms with Crippen LogP contribution < -0.4 is 0 Å². The minimum atomic E-state index is 0.214. The molecule has 172 valence electrons. The van der Waals surface area contributed by atoms with Gasteiger partial charge in [-0.2, -0.15) is 0 Å². The Kier molecular flexibility index (Phi) is 9.98. The molecule has 1 aliphatic heterocycles. The van der Waals surface area contributed by atoms with Crippen molar-refractivity contribution in [2.75, 3.05) is 26.3 Å². The van der Waals surface area contributed by atoms with Crippen LogP contribution in [0.3, 0.4) is 0 Å². The van der Waals surface area contributed by atoms with Crippen molar-refractivity contribution in [2.45, 2.75) is 58.4 Å². The lowest BCUT2D eigenvalue weighted by molar-refractivity contribution is 0.0342. The van der Waals surface area contributed by atoms with Gasteiger partial charge < -0.3 is 9.84 Å². The van der Waals surface area contributed by atoms with Gasteiger partial charge in [0.05, 0.1) is 19.0 Å². The number of rotatable bonds is 12. The Hall–Kier alpha value is -2.43. The molecule has 0 atom stereocenters. The zero-order valence-corrected chi connectivity index (χ0v) is 19.4. The predicted molar refractivity (Wildman–Crippen MR) is 131 cm³/mol. The molecule has 0 spiro atoms. The van der Waals surface area contributed by atoms with Crippen molar-refractivity contribution in [1.29, 1.82) is 0 Å². The quantitative estimate of drug-likeness (QED) is 0.233. The molecule has 0 bridgehead atoms. The molecule has 2 aromatic rings. The van der Waals surface area contributed by atoms with Gasteiger partial charge in [-0.15, -0.1) is 0 Å². The lowest BCUT2D eigenvalue weighted by Gasteiger charge is -2.26. The van der Waals surface area contributed by atoms with Crippen LogP contribution >= 0.6 is 0 Å². The van der Waals surface area contributed by atoms with Crippen molar-refractivity contribution < 1.29 is 14.6 Å². The predicted octanol–water partition coefficient (Wildman–Crippen LogP) is 6.56. The highest BCUT2D eigenvalue weighted by Crippen LogP contribution is 2.22. The first-order valence-electron chi connectivity index (χ1n) is 12.1. The molecular formula is C28H37NO3. The smallest absolute Gasteiger partial charge is 0.162 e. The first-order valence-corrected chi connectivity index (χ1v) is 12.1. The SMILES string of the molecule is CC/C=C(/O)CCCCCCC(=O)c1ccc(-c2ccc(CN3CCOCC3)cc2)cc1. The van der Waals surface area contributed by atoms with E-state index in [1.54, 1.807) is 0 Å². The van der Waals surface area contributed by atoms with Gasteiger partial charge in [0.25, 0.3) is 0 Å². The number of ketones is 1. The Morgan fingerprint density at radius 1 is 0.906 bits per heavy atom. The number of aliphatic hydroxyl groups is 1.